The van der Waals surface area contributed by atoms with E-state index in [1.165, 1.54) is 12.8 Å². The molecule has 0 amide bonds. The Labute approximate surface area is 150 Å². The first kappa shape index (κ1) is 20.9. The normalized spacial score (nSPS) is 11.0. The number of hydrogen-bond donors (Lipinski definition) is 1. The second kappa shape index (κ2) is 12.4. The Kier molecular flexibility index (Phi) is 11.8. The molecule has 7 heteroatoms. The summed E-state index contributed by atoms with van der Waals surface area (Å²) in [7, 11) is 2.05. The number of unbranched alkanes of at least 4 members (excludes halogenated alkanes) is 3. The van der Waals surface area contributed by atoms with Crippen LogP contribution >= 0.6 is 24.0 Å². The molecule has 0 saturated heterocycles. The molecule has 0 unspecified atom stereocenters. The van der Waals surface area contributed by atoms with Gasteiger partial charge in [-0.2, -0.15) is 4.98 Å². The summed E-state index contributed by atoms with van der Waals surface area (Å²) >= 11 is 0. The minimum absolute atomic E-state index is 0. The zero-order valence-corrected chi connectivity index (χ0v) is 16.2. The third-order valence-corrected chi connectivity index (χ3v) is 3.04. The van der Waals surface area contributed by atoms with E-state index in [9.17, 15) is 0 Å². The van der Waals surface area contributed by atoms with Crippen LogP contribution in [-0.2, 0) is 6.54 Å². The summed E-state index contributed by atoms with van der Waals surface area (Å²) in [6.45, 7) is 9.83. The van der Waals surface area contributed by atoms with Gasteiger partial charge in [0.1, 0.15) is 6.54 Å². The maximum absolute atomic E-state index is 4.95. The van der Waals surface area contributed by atoms with Crippen molar-refractivity contribution in [2.45, 2.75) is 46.1 Å². The molecular formula is C15H28IN5O. The fourth-order valence-corrected chi connectivity index (χ4v) is 1.94. The van der Waals surface area contributed by atoms with Gasteiger partial charge in [0, 0.05) is 27.1 Å². The molecule has 0 fully saturated rings. The number of hydrogen-bond acceptors (Lipinski definition) is 4. The summed E-state index contributed by atoms with van der Waals surface area (Å²) < 4.78 is 4.95. The quantitative estimate of drug-likeness (QED) is 0.218. The topological polar surface area (TPSA) is 66.5 Å². The lowest BCUT2D eigenvalue weighted by atomic mass is 10.2. The minimum atomic E-state index is 0. The highest BCUT2D eigenvalue weighted by Crippen LogP contribution is 2.02. The molecular weight excluding hydrogens is 393 g/mol. The maximum Gasteiger partial charge on any atom is 0.223 e. The smallest absolute Gasteiger partial charge is 0.223 e. The molecule has 0 aliphatic heterocycles. The molecule has 1 rings (SSSR count). The molecule has 0 saturated carbocycles. The van der Waals surface area contributed by atoms with E-state index < -0.39 is 0 Å². The van der Waals surface area contributed by atoms with Crippen molar-refractivity contribution in [3.8, 4) is 0 Å². The van der Waals surface area contributed by atoms with Crippen LogP contribution in [0.4, 0.5) is 0 Å². The molecule has 0 aliphatic carbocycles. The van der Waals surface area contributed by atoms with Crippen molar-refractivity contribution >= 4 is 29.9 Å². The van der Waals surface area contributed by atoms with Gasteiger partial charge in [-0.1, -0.05) is 17.7 Å². The van der Waals surface area contributed by atoms with Crippen molar-refractivity contribution in [3.63, 3.8) is 0 Å². The van der Waals surface area contributed by atoms with Crippen LogP contribution in [0.2, 0.25) is 0 Å². The highest BCUT2D eigenvalue weighted by Gasteiger charge is 2.07. The molecule has 126 valence electrons. The van der Waals surface area contributed by atoms with E-state index in [1.807, 2.05) is 6.08 Å². The highest BCUT2D eigenvalue weighted by molar-refractivity contribution is 14.0. The average molecular weight is 421 g/mol. The number of aliphatic imine (C=N–C) groups is 1. The number of aryl methyl sites for hydroxylation is 1. The molecule has 1 aromatic rings. The Balaban J connectivity index is 0.00000441. The van der Waals surface area contributed by atoms with Gasteiger partial charge < -0.3 is 14.7 Å². The van der Waals surface area contributed by atoms with Crippen molar-refractivity contribution in [2.75, 3.05) is 20.1 Å². The number of nitrogens with zero attached hydrogens (tertiary/aromatic N) is 4. The SMILES string of the molecule is C=CCCCCCN(C)C(=NCc1noc(C)n1)NCC.I. The van der Waals surface area contributed by atoms with Crippen LogP contribution in [0.5, 0.6) is 0 Å². The molecule has 1 aromatic heterocycles. The van der Waals surface area contributed by atoms with Crippen LogP contribution in [0, 0.1) is 6.92 Å². The third kappa shape index (κ3) is 8.35. The summed E-state index contributed by atoms with van der Waals surface area (Å²) in [6.07, 6.45) is 6.63. The number of guanidine groups is 1. The van der Waals surface area contributed by atoms with Crippen molar-refractivity contribution in [1.82, 2.24) is 20.4 Å². The Morgan fingerprint density at radius 1 is 1.41 bits per heavy atom. The number of rotatable bonds is 9. The largest absolute Gasteiger partial charge is 0.357 e. The van der Waals surface area contributed by atoms with Gasteiger partial charge in [-0.15, -0.1) is 30.6 Å². The molecule has 0 bridgehead atoms. The van der Waals surface area contributed by atoms with Gasteiger partial charge in [0.15, 0.2) is 11.8 Å². The lowest BCUT2D eigenvalue weighted by Crippen LogP contribution is -2.39. The second-order valence-corrected chi connectivity index (χ2v) is 4.96. The molecule has 0 radical (unpaired) electrons. The van der Waals surface area contributed by atoms with Crippen LogP contribution in [0.3, 0.4) is 0 Å². The summed E-state index contributed by atoms with van der Waals surface area (Å²) in [5.41, 5.74) is 0. The Hall–Kier alpha value is -1.12. The summed E-state index contributed by atoms with van der Waals surface area (Å²) in [6, 6.07) is 0. The van der Waals surface area contributed by atoms with E-state index in [2.05, 4.69) is 45.9 Å². The van der Waals surface area contributed by atoms with Gasteiger partial charge in [0.25, 0.3) is 0 Å². The lowest BCUT2D eigenvalue weighted by Gasteiger charge is -2.21. The van der Waals surface area contributed by atoms with Gasteiger partial charge in [-0.25, -0.2) is 4.99 Å². The zero-order valence-electron chi connectivity index (χ0n) is 13.8. The highest BCUT2D eigenvalue weighted by atomic mass is 127. The molecule has 0 aliphatic rings. The second-order valence-electron chi connectivity index (χ2n) is 4.96. The fourth-order valence-electron chi connectivity index (χ4n) is 1.94. The first-order valence-electron chi connectivity index (χ1n) is 7.57. The predicted molar refractivity (Wildman–Crippen MR) is 101 cm³/mol. The van der Waals surface area contributed by atoms with Gasteiger partial charge in [-0.05, 0) is 26.2 Å². The maximum atomic E-state index is 4.95. The molecule has 0 spiro atoms. The molecule has 1 heterocycles. The van der Waals surface area contributed by atoms with Crippen molar-refractivity contribution in [1.29, 1.82) is 0 Å². The summed E-state index contributed by atoms with van der Waals surface area (Å²) in [4.78, 5) is 10.8. The van der Waals surface area contributed by atoms with E-state index >= 15 is 0 Å². The first-order chi connectivity index (χ1) is 10.2. The van der Waals surface area contributed by atoms with Crippen molar-refractivity contribution in [3.05, 3.63) is 24.4 Å². The lowest BCUT2D eigenvalue weighted by molar-refractivity contribution is 0.387. The van der Waals surface area contributed by atoms with E-state index in [-0.39, 0.29) is 24.0 Å². The Morgan fingerprint density at radius 2 is 2.18 bits per heavy atom. The van der Waals surface area contributed by atoms with E-state index in [0.29, 0.717) is 18.3 Å². The summed E-state index contributed by atoms with van der Waals surface area (Å²) in [5, 5.41) is 7.14. The van der Waals surface area contributed by atoms with Crippen LogP contribution in [0.15, 0.2) is 22.2 Å². The van der Waals surface area contributed by atoms with E-state index in [1.54, 1.807) is 6.92 Å². The van der Waals surface area contributed by atoms with Crippen LogP contribution in [0.1, 0.15) is 44.3 Å². The number of halogens is 1. The Bertz CT molecular complexity index is 447. The molecule has 0 aromatic carbocycles. The van der Waals surface area contributed by atoms with Gasteiger partial charge in [-0.3, -0.25) is 0 Å². The monoisotopic (exact) mass is 421 g/mol. The number of allylic oxidation sites excluding steroid dienone is 1. The molecule has 6 nitrogen and oxygen atoms in total. The number of aromatic nitrogens is 2. The van der Waals surface area contributed by atoms with Crippen LogP contribution in [0.25, 0.3) is 0 Å². The predicted octanol–water partition coefficient (Wildman–Crippen LogP) is 3.14. The number of nitrogens with one attached hydrogen (secondary N) is 1. The standard InChI is InChI=1S/C15H27N5O.HI/c1-5-7-8-9-10-11-20(4)15(16-6-2)17-12-14-18-13(3)21-19-14;/h5H,1,6-12H2,2-4H3,(H,16,17);1H. The Morgan fingerprint density at radius 3 is 2.77 bits per heavy atom. The van der Waals surface area contributed by atoms with Crippen LogP contribution in [-0.4, -0.2) is 41.1 Å². The van der Waals surface area contributed by atoms with Gasteiger partial charge in [0.2, 0.25) is 5.89 Å². The zero-order chi connectivity index (χ0) is 15.5. The third-order valence-electron chi connectivity index (χ3n) is 3.04. The molecule has 22 heavy (non-hydrogen) atoms. The van der Waals surface area contributed by atoms with Crippen LogP contribution < -0.4 is 5.32 Å². The van der Waals surface area contributed by atoms with Crippen molar-refractivity contribution < 1.29 is 4.52 Å². The minimum Gasteiger partial charge on any atom is -0.357 e. The first-order valence-corrected chi connectivity index (χ1v) is 7.57. The van der Waals surface area contributed by atoms with Crippen molar-refractivity contribution in [2.24, 2.45) is 4.99 Å². The summed E-state index contributed by atoms with van der Waals surface area (Å²) in [5.74, 6) is 2.06. The fraction of sp³-hybridized carbons (Fsp3) is 0.667. The van der Waals surface area contributed by atoms with Gasteiger partial charge in [0.05, 0.1) is 0 Å². The average Bonchev–Trinajstić information content (AvgIpc) is 2.88. The van der Waals surface area contributed by atoms with E-state index in [4.69, 9.17) is 4.52 Å². The van der Waals surface area contributed by atoms with E-state index in [0.717, 1.165) is 31.9 Å². The van der Waals surface area contributed by atoms with Gasteiger partial charge >= 0.3 is 0 Å². The molecule has 1 N–H and O–H groups in total. The molecule has 0 atom stereocenters.